The summed E-state index contributed by atoms with van der Waals surface area (Å²) in [7, 11) is 0. The molecule has 0 aliphatic carbocycles. The number of thiophene rings is 1. The van der Waals surface area contributed by atoms with Gasteiger partial charge in [0.2, 0.25) is 0 Å². The van der Waals surface area contributed by atoms with Crippen LogP contribution in [0.15, 0.2) is 12.1 Å². The van der Waals surface area contributed by atoms with Crippen molar-refractivity contribution in [3.05, 3.63) is 21.9 Å². The predicted octanol–water partition coefficient (Wildman–Crippen LogP) is 2.53. The van der Waals surface area contributed by atoms with Gasteiger partial charge < -0.3 is 15.2 Å². The summed E-state index contributed by atoms with van der Waals surface area (Å²) >= 11 is 1.68. The summed E-state index contributed by atoms with van der Waals surface area (Å²) in [6.45, 7) is 5.29. The average molecular weight is 279 g/mol. The molecule has 4 heteroatoms. The molecular formula is C15H21NO2S. The number of hydrogen-bond donors (Lipinski definition) is 1. The summed E-state index contributed by atoms with van der Waals surface area (Å²) in [5.74, 6) is 5.91. The van der Waals surface area contributed by atoms with Gasteiger partial charge in [0.1, 0.15) is 0 Å². The minimum Gasteiger partial charge on any atom is -0.375 e. The van der Waals surface area contributed by atoms with Crippen LogP contribution in [-0.2, 0) is 16.1 Å². The molecule has 0 amide bonds. The fraction of sp³-hybridized carbons (Fsp3) is 0.600. The zero-order chi connectivity index (χ0) is 13.7. The van der Waals surface area contributed by atoms with E-state index in [4.69, 9.17) is 15.2 Å². The Morgan fingerprint density at radius 3 is 2.79 bits per heavy atom. The van der Waals surface area contributed by atoms with Crippen LogP contribution >= 0.6 is 11.3 Å². The van der Waals surface area contributed by atoms with Gasteiger partial charge in [-0.3, -0.25) is 0 Å². The van der Waals surface area contributed by atoms with Crippen molar-refractivity contribution >= 4 is 11.3 Å². The van der Waals surface area contributed by atoms with Crippen molar-refractivity contribution in [2.24, 2.45) is 5.73 Å². The van der Waals surface area contributed by atoms with Crippen molar-refractivity contribution in [1.29, 1.82) is 0 Å². The topological polar surface area (TPSA) is 44.5 Å². The van der Waals surface area contributed by atoms with Crippen molar-refractivity contribution < 1.29 is 9.47 Å². The maximum Gasteiger partial charge on any atom is 0.0813 e. The second-order valence-corrected chi connectivity index (χ2v) is 6.10. The lowest BCUT2D eigenvalue weighted by molar-refractivity contribution is -0.105. The fourth-order valence-corrected chi connectivity index (χ4v) is 3.15. The van der Waals surface area contributed by atoms with Crippen molar-refractivity contribution in [2.45, 2.75) is 51.6 Å². The van der Waals surface area contributed by atoms with Crippen LogP contribution in [0.1, 0.15) is 36.4 Å². The number of nitrogens with two attached hydrogens (primary N) is 1. The molecule has 19 heavy (non-hydrogen) atoms. The van der Waals surface area contributed by atoms with Gasteiger partial charge in [-0.2, -0.15) is 0 Å². The van der Waals surface area contributed by atoms with E-state index in [1.165, 1.54) is 4.88 Å². The van der Waals surface area contributed by atoms with E-state index in [0.717, 1.165) is 17.7 Å². The monoisotopic (exact) mass is 279 g/mol. The van der Waals surface area contributed by atoms with Gasteiger partial charge >= 0.3 is 0 Å². The highest BCUT2D eigenvalue weighted by atomic mass is 32.1. The number of rotatable bonds is 3. The highest BCUT2D eigenvalue weighted by Crippen LogP contribution is 2.24. The molecule has 1 aliphatic rings. The molecule has 2 heterocycles. The first-order valence-corrected chi connectivity index (χ1v) is 7.53. The Morgan fingerprint density at radius 1 is 1.37 bits per heavy atom. The van der Waals surface area contributed by atoms with Crippen molar-refractivity contribution in [1.82, 2.24) is 0 Å². The zero-order valence-corrected chi connectivity index (χ0v) is 12.3. The van der Waals surface area contributed by atoms with E-state index in [1.54, 1.807) is 11.3 Å². The second kappa shape index (κ2) is 7.06. The lowest BCUT2D eigenvalue weighted by atomic mass is 10.0. The number of hydrogen-bond acceptors (Lipinski definition) is 4. The molecule has 0 saturated carbocycles. The van der Waals surface area contributed by atoms with Crippen LogP contribution in [0.25, 0.3) is 0 Å². The molecule has 2 atom stereocenters. The Balaban J connectivity index is 1.83. The van der Waals surface area contributed by atoms with Crippen LogP contribution in [0.5, 0.6) is 0 Å². The van der Waals surface area contributed by atoms with Crippen LogP contribution in [0.3, 0.4) is 0 Å². The molecule has 1 saturated heterocycles. The largest absolute Gasteiger partial charge is 0.375 e. The van der Waals surface area contributed by atoms with Gasteiger partial charge in [0.25, 0.3) is 0 Å². The molecule has 3 nitrogen and oxygen atoms in total. The molecule has 1 aliphatic heterocycles. The van der Waals surface area contributed by atoms with Gasteiger partial charge in [0.15, 0.2) is 0 Å². The SMILES string of the molecule is CC1CC(OCc2ccc(C#CCN)s2)CC(C)O1. The first-order chi connectivity index (χ1) is 9.17. The number of ether oxygens (including phenoxy) is 2. The van der Waals surface area contributed by atoms with Gasteiger partial charge in [-0.05, 0) is 38.8 Å². The van der Waals surface area contributed by atoms with E-state index in [9.17, 15) is 0 Å². The van der Waals surface area contributed by atoms with E-state index in [2.05, 4.69) is 31.8 Å². The molecule has 2 rings (SSSR count). The smallest absolute Gasteiger partial charge is 0.0813 e. The molecule has 0 radical (unpaired) electrons. The lowest BCUT2D eigenvalue weighted by Crippen LogP contribution is -2.33. The molecule has 1 fully saturated rings. The molecule has 2 unspecified atom stereocenters. The molecular weight excluding hydrogens is 258 g/mol. The fourth-order valence-electron chi connectivity index (χ4n) is 2.34. The molecule has 104 valence electrons. The quantitative estimate of drug-likeness (QED) is 0.865. The molecule has 2 N–H and O–H groups in total. The zero-order valence-electron chi connectivity index (χ0n) is 11.5. The summed E-state index contributed by atoms with van der Waals surface area (Å²) in [5, 5.41) is 0. The second-order valence-electron chi connectivity index (χ2n) is 4.93. The summed E-state index contributed by atoms with van der Waals surface area (Å²) in [4.78, 5) is 2.27. The van der Waals surface area contributed by atoms with Gasteiger partial charge in [-0.1, -0.05) is 11.8 Å². The minimum atomic E-state index is 0.295. The Bertz CT molecular complexity index is 450. The third-order valence-electron chi connectivity index (χ3n) is 3.09. The summed E-state index contributed by atoms with van der Waals surface area (Å²) in [6, 6.07) is 4.11. The van der Waals surface area contributed by atoms with Crippen LogP contribution < -0.4 is 5.73 Å². The summed E-state index contributed by atoms with van der Waals surface area (Å²) in [6.07, 6.45) is 2.86. The highest BCUT2D eigenvalue weighted by Gasteiger charge is 2.24. The molecule has 0 aromatic carbocycles. The van der Waals surface area contributed by atoms with E-state index in [1.807, 2.05) is 6.07 Å². The summed E-state index contributed by atoms with van der Waals surface area (Å²) < 4.78 is 11.7. The molecule has 1 aromatic heterocycles. The summed E-state index contributed by atoms with van der Waals surface area (Å²) in [5.41, 5.74) is 5.36. The normalized spacial score (nSPS) is 26.8. The standard InChI is InChI=1S/C15H21NO2S/c1-11-8-13(9-12(2)18-11)17-10-15-6-5-14(19-15)4-3-7-16/h5-6,11-13H,7-10,16H2,1-2H3. The maximum absolute atomic E-state index is 5.99. The lowest BCUT2D eigenvalue weighted by Gasteiger charge is -2.31. The first kappa shape index (κ1) is 14.5. The van der Waals surface area contributed by atoms with E-state index in [-0.39, 0.29) is 0 Å². The van der Waals surface area contributed by atoms with Gasteiger partial charge in [0, 0.05) is 4.88 Å². The Hall–Kier alpha value is -0.860. The van der Waals surface area contributed by atoms with Crippen LogP contribution in [0, 0.1) is 11.8 Å². The molecule has 0 bridgehead atoms. The van der Waals surface area contributed by atoms with Gasteiger partial charge in [-0.15, -0.1) is 11.3 Å². The molecule has 1 aromatic rings. The third kappa shape index (κ3) is 4.63. The Morgan fingerprint density at radius 2 is 2.11 bits per heavy atom. The average Bonchev–Trinajstić information content (AvgIpc) is 2.81. The Kier molecular flexibility index (Phi) is 5.41. The van der Waals surface area contributed by atoms with E-state index in [0.29, 0.717) is 31.5 Å². The van der Waals surface area contributed by atoms with Crippen molar-refractivity contribution in [3.8, 4) is 11.8 Å². The maximum atomic E-state index is 5.99. The van der Waals surface area contributed by atoms with Crippen molar-refractivity contribution in [2.75, 3.05) is 6.54 Å². The third-order valence-corrected chi connectivity index (χ3v) is 4.07. The first-order valence-electron chi connectivity index (χ1n) is 6.72. The van der Waals surface area contributed by atoms with Crippen LogP contribution in [0.2, 0.25) is 0 Å². The van der Waals surface area contributed by atoms with Crippen LogP contribution in [-0.4, -0.2) is 24.9 Å². The molecule has 0 spiro atoms. The van der Waals surface area contributed by atoms with E-state index >= 15 is 0 Å². The minimum absolute atomic E-state index is 0.295. The van der Waals surface area contributed by atoms with Crippen molar-refractivity contribution in [3.63, 3.8) is 0 Å². The Labute approximate surface area is 119 Å². The van der Waals surface area contributed by atoms with Crippen LogP contribution in [0.4, 0.5) is 0 Å². The van der Waals surface area contributed by atoms with Gasteiger partial charge in [0.05, 0.1) is 36.3 Å². The van der Waals surface area contributed by atoms with E-state index < -0.39 is 0 Å². The predicted molar refractivity (Wildman–Crippen MR) is 78.1 cm³/mol. The van der Waals surface area contributed by atoms with Gasteiger partial charge in [-0.25, -0.2) is 0 Å². The highest BCUT2D eigenvalue weighted by molar-refractivity contribution is 7.12.